The smallest absolute Gasteiger partial charge is 0.0640 e. The van der Waals surface area contributed by atoms with Crippen LogP contribution in [0.5, 0.6) is 0 Å². The van der Waals surface area contributed by atoms with Crippen molar-refractivity contribution in [3.63, 3.8) is 0 Å². The summed E-state index contributed by atoms with van der Waals surface area (Å²) in [5, 5.41) is 8.06. The number of likely N-dealkylation sites (N-methyl/N-ethyl adjacent to an activating group) is 1. The summed E-state index contributed by atoms with van der Waals surface area (Å²) >= 11 is 0. The maximum atomic E-state index is 4.53. The van der Waals surface area contributed by atoms with E-state index in [2.05, 4.69) is 42.3 Å². The second-order valence-corrected chi connectivity index (χ2v) is 6.58. The molecule has 114 valence electrons. The van der Waals surface area contributed by atoms with Crippen molar-refractivity contribution >= 4 is 0 Å². The molecule has 0 aromatic carbocycles. The molecule has 20 heavy (non-hydrogen) atoms. The van der Waals surface area contributed by atoms with Crippen molar-refractivity contribution in [2.75, 3.05) is 20.1 Å². The lowest BCUT2D eigenvalue weighted by Gasteiger charge is -2.43. The van der Waals surface area contributed by atoms with Crippen molar-refractivity contribution in [3.8, 4) is 0 Å². The normalized spacial score (nSPS) is 19.8. The molecule has 1 fully saturated rings. The fourth-order valence-electron chi connectivity index (χ4n) is 3.35. The second-order valence-electron chi connectivity index (χ2n) is 6.58. The topological polar surface area (TPSA) is 33.1 Å². The molecule has 1 saturated heterocycles. The number of nitrogens with zero attached hydrogens (tertiary/aromatic N) is 3. The summed E-state index contributed by atoms with van der Waals surface area (Å²) in [6, 6.07) is 2.55. The maximum Gasteiger partial charge on any atom is 0.0640 e. The molecule has 1 aliphatic rings. The molecule has 4 nitrogen and oxygen atoms in total. The Morgan fingerprint density at radius 2 is 1.90 bits per heavy atom. The predicted molar refractivity (Wildman–Crippen MR) is 83.9 cm³/mol. The van der Waals surface area contributed by atoms with Crippen molar-refractivity contribution in [3.05, 3.63) is 18.0 Å². The summed E-state index contributed by atoms with van der Waals surface area (Å²) in [6.45, 7) is 7.21. The molecule has 2 heterocycles. The van der Waals surface area contributed by atoms with Crippen LogP contribution >= 0.6 is 0 Å². The van der Waals surface area contributed by atoms with Crippen molar-refractivity contribution < 1.29 is 0 Å². The molecule has 1 N–H and O–H groups in total. The van der Waals surface area contributed by atoms with Crippen LogP contribution in [-0.2, 0) is 13.5 Å². The lowest BCUT2D eigenvalue weighted by molar-refractivity contribution is 0.0860. The third kappa shape index (κ3) is 3.61. The van der Waals surface area contributed by atoms with Gasteiger partial charge in [-0.1, -0.05) is 12.8 Å². The van der Waals surface area contributed by atoms with Gasteiger partial charge in [0, 0.05) is 31.2 Å². The van der Waals surface area contributed by atoms with Crippen LogP contribution in [0.4, 0.5) is 0 Å². The number of nitrogens with one attached hydrogen (secondary N) is 1. The minimum Gasteiger partial charge on any atom is -0.315 e. The van der Waals surface area contributed by atoms with E-state index in [0.717, 1.165) is 6.42 Å². The van der Waals surface area contributed by atoms with E-state index in [1.54, 1.807) is 0 Å². The van der Waals surface area contributed by atoms with Crippen LogP contribution in [0.15, 0.2) is 12.3 Å². The molecule has 2 rings (SSSR count). The van der Waals surface area contributed by atoms with Crippen molar-refractivity contribution in [2.45, 2.75) is 57.5 Å². The number of hydrogen-bond acceptors (Lipinski definition) is 3. The number of hydrogen-bond donors (Lipinski definition) is 1. The molecule has 1 aliphatic heterocycles. The quantitative estimate of drug-likeness (QED) is 0.896. The highest BCUT2D eigenvalue weighted by atomic mass is 15.3. The fourth-order valence-corrected chi connectivity index (χ4v) is 3.35. The van der Waals surface area contributed by atoms with E-state index in [4.69, 9.17) is 0 Å². The van der Waals surface area contributed by atoms with Gasteiger partial charge in [0.25, 0.3) is 0 Å². The molecule has 4 heteroatoms. The molecule has 0 spiro atoms. The van der Waals surface area contributed by atoms with E-state index in [0.29, 0.717) is 6.04 Å². The van der Waals surface area contributed by atoms with Gasteiger partial charge in [-0.3, -0.25) is 9.58 Å². The highest BCUT2D eigenvalue weighted by molar-refractivity contribution is 5.06. The Bertz CT molecular complexity index is 402. The zero-order valence-corrected chi connectivity index (χ0v) is 13.5. The lowest BCUT2D eigenvalue weighted by atomic mass is 9.88. The standard InChI is InChI=1S/C16H30N4/c1-16(2,20-10-7-5-6-8-11-20)15(17-3)13-14-9-12-19(4)18-14/h9,12,15,17H,5-8,10-11,13H2,1-4H3. The summed E-state index contributed by atoms with van der Waals surface area (Å²) in [4.78, 5) is 2.67. The zero-order chi connectivity index (χ0) is 14.6. The molecule has 0 radical (unpaired) electrons. The molecular formula is C16H30N4. The maximum absolute atomic E-state index is 4.53. The summed E-state index contributed by atoms with van der Waals surface area (Å²) < 4.78 is 1.89. The van der Waals surface area contributed by atoms with E-state index in [-0.39, 0.29) is 5.54 Å². The van der Waals surface area contributed by atoms with Crippen LogP contribution < -0.4 is 5.32 Å². The second kappa shape index (κ2) is 6.72. The van der Waals surface area contributed by atoms with Crippen molar-refractivity contribution in [2.24, 2.45) is 7.05 Å². The van der Waals surface area contributed by atoms with E-state index in [1.165, 1.54) is 44.5 Å². The van der Waals surface area contributed by atoms with E-state index in [1.807, 2.05) is 17.9 Å². The number of likely N-dealkylation sites (tertiary alicyclic amines) is 1. The van der Waals surface area contributed by atoms with Gasteiger partial charge in [0.2, 0.25) is 0 Å². The van der Waals surface area contributed by atoms with Gasteiger partial charge in [-0.15, -0.1) is 0 Å². The number of aryl methyl sites for hydroxylation is 1. The molecular weight excluding hydrogens is 248 g/mol. The summed E-state index contributed by atoms with van der Waals surface area (Å²) in [5.74, 6) is 0. The first kappa shape index (κ1) is 15.5. The molecule has 1 aromatic heterocycles. The number of rotatable bonds is 5. The van der Waals surface area contributed by atoms with Crippen LogP contribution in [0.1, 0.15) is 45.2 Å². The molecule has 1 aromatic rings. The van der Waals surface area contributed by atoms with Gasteiger partial charge in [0.05, 0.1) is 5.69 Å². The Hall–Kier alpha value is -0.870. The van der Waals surface area contributed by atoms with E-state index >= 15 is 0 Å². The average Bonchev–Trinajstić information content (AvgIpc) is 2.68. The van der Waals surface area contributed by atoms with Crippen LogP contribution in [0.25, 0.3) is 0 Å². The zero-order valence-electron chi connectivity index (χ0n) is 13.5. The Balaban J connectivity index is 2.07. The molecule has 0 bridgehead atoms. The molecule has 0 amide bonds. The molecule has 0 saturated carbocycles. The first-order valence-electron chi connectivity index (χ1n) is 7.95. The molecule has 1 atom stereocenters. The highest BCUT2D eigenvalue weighted by Gasteiger charge is 2.35. The Morgan fingerprint density at radius 3 is 2.40 bits per heavy atom. The minimum atomic E-state index is 0.163. The predicted octanol–water partition coefficient (Wildman–Crippen LogP) is 2.21. The Labute approximate surface area is 123 Å². The van der Waals surface area contributed by atoms with Gasteiger partial charge in [-0.05, 0) is 52.9 Å². The van der Waals surface area contributed by atoms with Gasteiger partial charge in [-0.2, -0.15) is 5.10 Å². The summed E-state index contributed by atoms with van der Waals surface area (Å²) in [5.41, 5.74) is 1.34. The molecule has 1 unspecified atom stereocenters. The van der Waals surface area contributed by atoms with Crippen LogP contribution in [0.2, 0.25) is 0 Å². The summed E-state index contributed by atoms with van der Waals surface area (Å²) in [7, 11) is 4.06. The van der Waals surface area contributed by atoms with E-state index < -0.39 is 0 Å². The molecule has 0 aliphatic carbocycles. The highest BCUT2D eigenvalue weighted by Crippen LogP contribution is 2.25. The Morgan fingerprint density at radius 1 is 1.25 bits per heavy atom. The van der Waals surface area contributed by atoms with Crippen LogP contribution in [0.3, 0.4) is 0 Å². The largest absolute Gasteiger partial charge is 0.315 e. The van der Waals surface area contributed by atoms with E-state index in [9.17, 15) is 0 Å². The van der Waals surface area contributed by atoms with Crippen molar-refractivity contribution in [1.29, 1.82) is 0 Å². The first-order chi connectivity index (χ1) is 9.54. The lowest BCUT2D eigenvalue weighted by Crippen LogP contribution is -2.58. The van der Waals surface area contributed by atoms with Gasteiger partial charge in [0.15, 0.2) is 0 Å². The van der Waals surface area contributed by atoms with Gasteiger partial charge in [0.1, 0.15) is 0 Å². The Kier molecular flexibility index (Phi) is 5.22. The van der Waals surface area contributed by atoms with Gasteiger partial charge < -0.3 is 5.32 Å². The monoisotopic (exact) mass is 278 g/mol. The first-order valence-corrected chi connectivity index (χ1v) is 7.95. The number of aromatic nitrogens is 2. The van der Waals surface area contributed by atoms with Gasteiger partial charge >= 0.3 is 0 Å². The average molecular weight is 278 g/mol. The third-order valence-corrected chi connectivity index (χ3v) is 4.80. The van der Waals surface area contributed by atoms with Crippen molar-refractivity contribution in [1.82, 2.24) is 20.0 Å². The summed E-state index contributed by atoms with van der Waals surface area (Å²) in [6.07, 6.45) is 8.46. The van der Waals surface area contributed by atoms with Crippen LogP contribution in [0, 0.1) is 0 Å². The SMILES string of the molecule is CNC(Cc1ccn(C)n1)C(C)(C)N1CCCCCC1. The van der Waals surface area contributed by atoms with Gasteiger partial charge in [-0.25, -0.2) is 0 Å². The third-order valence-electron chi connectivity index (χ3n) is 4.80. The fraction of sp³-hybridized carbons (Fsp3) is 0.812. The minimum absolute atomic E-state index is 0.163. The van der Waals surface area contributed by atoms with Crippen LogP contribution in [-0.4, -0.2) is 46.4 Å².